The second-order valence-electron chi connectivity index (χ2n) is 7.54. The predicted octanol–water partition coefficient (Wildman–Crippen LogP) is 6.79. The van der Waals surface area contributed by atoms with Crippen molar-refractivity contribution in [3.05, 3.63) is 92.8 Å². The van der Waals surface area contributed by atoms with Crippen molar-refractivity contribution < 1.29 is 0 Å². The van der Waals surface area contributed by atoms with E-state index in [9.17, 15) is 9.59 Å². The average molecular weight is 435 g/mol. The lowest BCUT2D eigenvalue weighted by molar-refractivity contribution is 0.582. The molecule has 4 rings (SSSR count). The fraction of sp³-hybridized carbons (Fsp3) is 0.357. The van der Waals surface area contributed by atoms with Gasteiger partial charge >= 0.3 is 0 Å². The molecule has 0 aliphatic rings. The molecule has 0 N–H and O–H groups in total. The molecule has 4 nitrogen and oxygen atoms in total. The maximum Gasteiger partial charge on any atom is 0.258 e. The second-order valence-corrected chi connectivity index (χ2v) is 7.54. The molecule has 0 saturated heterocycles. The highest BCUT2D eigenvalue weighted by molar-refractivity contribution is 5.82. The molecule has 0 unspecified atom stereocenters. The van der Waals surface area contributed by atoms with Crippen LogP contribution in [0.15, 0.2) is 70.5 Å². The zero-order valence-corrected chi connectivity index (χ0v) is 21.1. The van der Waals surface area contributed by atoms with Gasteiger partial charge in [0, 0.05) is 36.3 Å². The first-order valence-electron chi connectivity index (χ1n) is 11.5. The first-order valence-corrected chi connectivity index (χ1v) is 11.5. The predicted molar refractivity (Wildman–Crippen MR) is 140 cm³/mol. The summed E-state index contributed by atoms with van der Waals surface area (Å²) in [6.07, 6.45) is 3.66. The van der Waals surface area contributed by atoms with E-state index in [2.05, 4.69) is 0 Å². The topological polar surface area (TPSA) is 44.0 Å². The van der Waals surface area contributed by atoms with Gasteiger partial charge in [-0.2, -0.15) is 0 Å². The smallest absolute Gasteiger partial charge is 0.258 e. The molecule has 4 aromatic rings. The van der Waals surface area contributed by atoms with Crippen LogP contribution in [0.3, 0.4) is 0 Å². The standard InChI is InChI=1S/C13H15NO.C11H11NO.2C2H6/c1-9(2)14-7-6-11-5-4-10(3)8-12(11)13(14)15;1-8-3-4-9-5-6-12(2)11(13)10(9)7-8;2*1-2/h4-9H,1-3H3;3-7H,1-2H3;2*1-2H3. The van der Waals surface area contributed by atoms with Crippen molar-refractivity contribution in [2.24, 2.45) is 7.05 Å². The highest BCUT2D eigenvalue weighted by Crippen LogP contribution is 2.13. The van der Waals surface area contributed by atoms with Gasteiger partial charge in [0.25, 0.3) is 11.1 Å². The van der Waals surface area contributed by atoms with Gasteiger partial charge in [-0.1, -0.05) is 63.1 Å². The van der Waals surface area contributed by atoms with E-state index in [0.29, 0.717) is 0 Å². The summed E-state index contributed by atoms with van der Waals surface area (Å²) in [5, 5.41) is 3.63. The molecule has 0 bridgehead atoms. The van der Waals surface area contributed by atoms with Crippen molar-refractivity contribution >= 4 is 21.5 Å². The van der Waals surface area contributed by atoms with Crippen LogP contribution in [0.25, 0.3) is 21.5 Å². The SMILES string of the molecule is CC.CC.Cc1ccc2ccn(C(C)C)c(=O)c2c1.Cc1ccc2ccn(C)c(=O)c2c1. The maximum atomic E-state index is 12.1. The van der Waals surface area contributed by atoms with E-state index in [4.69, 9.17) is 0 Å². The molecule has 0 aliphatic heterocycles. The van der Waals surface area contributed by atoms with Crippen molar-refractivity contribution in [2.75, 3.05) is 0 Å². The second kappa shape index (κ2) is 12.7. The lowest BCUT2D eigenvalue weighted by Gasteiger charge is -2.10. The van der Waals surface area contributed by atoms with Gasteiger partial charge in [-0.05, 0) is 62.7 Å². The largest absolute Gasteiger partial charge is 0.318 e. The van der Waals surface area contributed by atoms with Crippen molar-refractivity contribution in [3.8, 4) is 0 Å². The van der Waals surface area contributed by atoms with Crippen molar-refractivity contribution in [2.45, 2.75) is 61.4 Å². The number of aryl methyl sites for hydroxylation is 3. The Morgan fingerprint density at radius 3 is 1.56 bits per heavy atom. The molecule has 0 aliphatic carbocycles. The van der Waals surface area contributed by atoms with Crippen LogP contribution in [0.1, 0.15) is 58.7 Å². The Morgan fingerprint density at radius 2 is 1.09 bits per heavy atom. The average Bonchev–Trinajstić information content (AvgIpc) is 2.80. The van der Waals surface area contributed by atoms with E-state index in [1.54, 1.807) is 22.4 Å². The van der Waals surface area contributed by atoms with Gasteiger partial charge in [-0.15, -0.1) is 0 Å². The molecular weight excluding hydrogens is 396 g/mol. The van der Waals surface area contributed by atoms with Crippen LogP contribution in [0.5, 0.6) is 0 Å². The molecule has 0 radical (unpaired) electrons. The molecule has 2 aromatic carbocycles. The van der Waals surface area contributed by atoms with Gasteiger partial charge in [0.1, 0.15) is 0 Å². The van der Waals surface area contributed by atoms with E-state index >= 15 is 0 Å². The Balaban J connectivity index is 0.000000279. The zero-order chi connectivity index (χ0) is 24.4. The molecular formula is C28H38N2O2. The first-order chi connectivity index (χ1) is 15.3. The van der Waals surface area contributed by atoms with Gasteiger partial charge < -0.3 is 9.13 Å². The third-order valence-corrected chi connectivity index (χ3v) is 4.88. The van der Waals surface area contributed by atoms with Crippen LogP contribution < -0.4 is 11.1 Å². The quantitative estimate of drug-likeness (QED) is 0.331. The fourth-order valence-electron chi connectivity index (χ4n) is 3.23. The van der Waals surface area contributed by atoms with Crippen LogP contribution in [-0.2, 0) is 7.05 Å². The van der Waals surface area contributed by atoms with E-state index in [1.807, 2.05) is 110 Å². The van der Waals surface area contributed by atoms with Crippen LogP contribution >= 0.6 is 0 Å². The van der Waals surface area contributed by atoms with E-state index in [-0.39, 0.29) is 17.2 Å². The number of pyridine rings is 2. The minimum Gasteiger partial charge on any atom is -0.318 e. The number of benzene rings is 2. The maximum absolute atomic E-state index is 12.1. The Morgan fingerprint density at radius 1 is 0.656 bits per heavy atom. The molecule has 0 saturated carbocycles. The molecule has 32 heavy (non-hydrogen) atoms. The number of hydrogen-bond donors (Lipinski definition) is 0. The zero-order valence-electron chi connectivity index (χ0n) is 21.1. The normalized spacial score (nSPS) is 9.94. The number of rotatable bonds is 1. The van der Waals surface area contributed by atoms with Crippen LogP contribution in [0, 0.1) is 13.8 Å². The Labute approximate surface area is 192 Å². The molecule has 0 fully saturated rings. The van der Waals surface area contributed by atoms with E-state index in [1.165, 1.54) is 0 Å². The minimum atomic E-state index is 0.0706. The van der Waals surface area contributed by atoms with E-state index < -0.39 is 0 Å². The summed E-state index contributed by atoms with van der Waals surface area (Å²) < 4.78 is 3.36. The molecule has 2 heterocycles. The van der Waals surface area contributed by atoms with Gasteiger partial charge in [0.2, 0.25) is 0 Å². The third-order valence-electron chi connectivity index (χ3n) is 4.88. The van der Waals surface area contributed by atoms with Crippen LogP contribution in [0.2, 0.25) is 0 Å². The van der Waals surface area contributed by atoms with E-state index in [0.717, 1.165) is 32.7 Å². The summed E-state index contributed by atoms with van der Waals surface area (Å²) in [6, 6.07) is 16.1. The lowest BCUT2D eigenvalue weighted by Crippen LogP contribution is -2.21. The number of hydrogen-bond acceptors (Lipinski definition) is 2. The Kier molecular flexibility index (Phi) is 10.6. The molecule has 0 spiro atoms. The monoisotopic (exact) mass is 434 g/mol. The van der Waals surface area contributed by atoms with Crippen LogP contribution in [-0.4, -0.2) is 9.13 Å². The highest BCUT2D eigenvalue weighted by atomic mass is 16.1. The number of aromatic nitrogens is 2. The molecule has 2 aromatic heterocycles. The first kappa shape index (κ1) is 26.9. The molecule has 172 valence electrons. The minimum absolute atomic E-state index is 0.0706. The number of fused-ring (bicyclic) bond motifs is 2. The Hall–Kier alpha value is -3.14. The highest BCUT2D eigenvalue weighted by Gasteiger charge is 2.04. The lowest BCUT2D eigenvalue weighted by atomic mass is 10.1. The summed E-state index contributed by atoms with van der Waals surface area (Å²) in [7, 11) is 1.77. The van der Waals surface area contributed by atoms with Gasteiger partial charge in [0.15, 0.2) is 0 Å². The van der Waals surface area contributed by atoms with Crippen LogP contribution in [0.4, 0.5) is 0 Å². The molecule has 4 heteroatoms. The molecule has 0 atom stereocenters. The summed E-state index contributed by atoms with van der Waals surface area (Å²) in [6.45, 7) is 16.0. The Bertz CT molecular complexity index is 1260. The van der Waals surface area contributed by atoms with Crippen molar-refractivity contribution in [1.82, 2.24) is 9.13 Å². The van der Waals surface area contributed by atoms with Gasteiger partial charge in [-0.25, -0.2) is 0 Å². The summed E-state index contributed by atoms with van der Waals surface area (Å²) >= 11 is 0. The van der Waals surface area contributed by atoms with Crippen molar-refractivity contribution in [3.63, 3.8) is 0 Å². The summed E-state index contributed by atoms with van der Waals surface area (Å²) in [4.78, 5) is 23.7. The summed E-state index contributed by atoms with van der Waals surface area (Å²) in [5.74, 6) is 0. The number of nitrogens with zero attached hydrogens (tertiary/aromatic N) is 2. The van der Waals surface area contributed by atoms with Gasteiger partial charge in [0.05, 0.1) is 0 Å². The molecule has 0 amide bonds. The third kappa shape index (κ3) is 6.43. The summed E-state index contributed by atoms with van der Waals surface area (Å²) in [5.41, 5.74) is 2.42. The fourth-order valence-corrected chi connectivity index (χ4v) is 3.23. The van der Waals surface area contributed by atoms with Gasteiger partial charge in [-0.3, -0.25) is 9.59 Å². The van der Waals surface area contributed by atoms with Crippen molar-refractivity contribution in [1.29, 1.82) is 0 Å².